The van der Waals surface area contributed by atoms with Crippen LogP contribution >= 0.6 is 0 Å². The standard InChI is InChI=1S/C15H25NO2/c1-15(2,3)11-5-4-9-10-6-8(13(9)11)7-12(10)16-14(17)18/h8-13,16H,4-7H2,1-3H3,(H,17,18). The zero-order valence-corrected chi connectivity index (χ0v) is 11.6. The third-order valence-corrected chi connectivity index (χ3v) is 5.93. The molecule has 2 N–H and O–H groups in total. The van der Waals surface area contributed by atoms with E-state index >= 15 is 0 Å². The van der Waals surface area contributed by atoms with Gasteiger partial charge in [0, 0.05) is 6.04 Å². The van der Waals surface area contributed by atoms with Crippen molar-refractivity contribution in [1.82, 2.24) is 5.32 Å². The fourth-order valence-electron chi connectivity index (χ4n) is 5.47. The molecule has 2 bridgehead atoms. The molecule has 0 radical (unpaired) electrons. The Bertz CT molecular complexity index is 360. The molecule has 0 heterocycles. The summed E-state index contributed by atoms with van der Waals surface area (Å²) < 4.78 is 0. The lowest BCUT2D eigenvalue weighted by atomic mass is 9.68. The van der Waals surface area contributed by atoms with Gasteiger partial charge in [-0.05, 0) is 60.7 Å². The summed E-state index contributed by atoms with van der Waals surface area (Å²) in [4.78, 5) is 10.8. The molecule has 102 valence electrons. The smallest absolute Gasteiger partial charge is 0.404 e. The molecule has 3 nitrogen and oxygen atoms in total. The summed E-state index contributed by atoms with van der Waals surface area (Å²) in [6, 6.07) is 0.243. The Kier molecular flexibility index (Phi) is 2.65. The lowest BCUT2D eigenvalue weighted by Gasteiger charge is -2.38. The highest BCUT2D eigenvalue weighted by Crippen LogP contribution is 2.63. The van der Waals surface area contributed by atoms with Crippen LogP contribution in [-0.2, 0) is 0 Å². The van der Waals surface area contributed by atoms with Crippen molar-refractivity contribution in [2.24, 2.45) is 35.0 Å². The summed E-state index contributed by atoms with van der Waals surface area (Å²) in [5.74, 6) is 3.93. The van der Waals surface area contributed by atoms with Gasteiger partial charge in [0.15, 0.2) is 0 Å². The molecule has 0 spiro atoms. The van der Waals surface area contributed by atoms with Crippen molar-refractivity contribution in [3.8, 4) is 0 Å². The molecule has 3 heteroatoms. The Morgan fingerprint density at radius 2 is 1.89 bits per heavy atom. The number of fused-ring (bicyclic) bond motifs is 5. The second kappa shape index (κ2) is 3.88. The topological polar surface area (TPSA) is 49.3 Å². The van der Waals surface area contributed by atoms with Gasteiger partial charge in [-0.25, -0.2) is 4.79 Å². The summed E-state index contributed by atoms with van der Waals surface area (Å²) in [6.45, 7) is 7.12. The molecule has 1 amide bonds. The maximum atomic E-state index is 10.8. The Labute approximate surface area is 109 Å². The predicted molar refractivity (Wildman–Crippen MR) is 70.3 cm³/mol. The molecule has 18 heavy (non-hydrogen) atoms. The first-order chi connectivity index (χ1) is 8.38. The maximum Gasteiger partial charge on any atom is 0.404 e. The third-order valence-electron chi connectivity index (χ3n) is 5.93. The lowest BCUT2D eigenvalue weighted by Crippen LogP contribution is -2.43. The van der Waals surface area contributed by atoms with Crippen LogP contribution in [0.3, 0.4) is 0 Å². The molecule has 3 rings (SSSR count). The molecule has 3 aliphatic carbocycles. The Morgan fingerprint density at radius 1 is 1.17 bits per heavy atom. The van der Waals surface area contributed by atoms with Gasteiger partial charge in [0.2, 0.25) is 0 Å². The van der Waals surface area contributed by atoms with E-state index in [0.29, 0.717) is 11.3 Å². The van der Waals surface area contributed by atoms with E-state index in [2.05, 4.69) is 26.1 Å². The van der Waals surface area contributed by atoms with Gasteiger partial charge in [0.25, 0.3) is 0 Å². The molecule has 3 aliphatic rings. The van der Waals surface area contributed by atoms with Crippen molar-refractivity contribution >= 4 is 6.09 Å². The van der Waals surface area contributed by atoms with Crippen LogP contribution in [0.25, 0.3) is 0 Å². The Morgan fingerprint density at radius 3 is 2.50 bits per heavy atom. The van der Waals surface area contributed by atoms with Crippen molar-refractivity contribution in [1.29, 1.82) is 0 Å². The third kappa shape index (κ3) is 1.74. The van der Waals surface area contributed by atoms with E-state index in [-0.39, 0.29) is 6.04 Å². The molecule has 6 atom stereocenters. The lowest BCUT2D eigenvalue weighted by molar-refractivity contribution is 0.107. The van der Waals surface area contributed by atoms with Crippen molar-refractivity contribution < 1.29 is 9.90 Å². The second-order valence-corrected chi connectivity index (χ2v) is 7.74. The molecule has 0 aliphatic heterocycles. The quantitative estimate of drug-likeness (QED) is 0.751. The van der Waals surface area contributed by atoms with Gasteiger partial charge in [-0.3, -0.25) is 0 Å². The van der Waals surface area contributed by atoms with E-state index in [9.17, 15) is 4.79 Å². The highest BCUT2D eigenvalue weighted by atomic mass is 16.4. The highest BCUT2D eigenvalue weighted by Gasteiger charge is 2.58. The summed E-state index contributed by atoms with van der Waals surface area (Å²) in [5.41, 5.74) is 0.416. The number of rotatable bonds is 1. The van der Waals surface area contributed by atoms with Gasteiger partial charge in [-0.1, -0.05) is 20.8 Å². The first-order valence-corrected chi connectivity index (χ1v) is 7.37. The van der Waals surface area contributed by atoms with Crippen LogP contribution < -0.4 is 5.32 Å². The van der Waals surface area contributed by atoms with Gasteiger partial charge < -0.3 is 10.4 Å². The first kappa shape index (κ1) is 12.3. The molecule has 0 aromatic carbocycles. The molecule has 3 fully saturated rings. The highest BCUT2D eigenvalue weighted by molar-refractivity contribution is 5.65. The average molecular weight is 251 g/mol. The zero-order chi connectivity index (χ0) is 13.1. The van der Waals surface area contributed by atoms with Gasteiger partial charge in [-0.15, -0.1) is 0 Å². The van der Waals surface area contributed by atoms with Crippen molar-refractivity contribution in [3.05, 3.63) is 0 Å². The van der Waals surface area contributed by atoms with Crippen LogP contribution in [0.1, 0.15) is 46.5 Å². The molecule has 0 aromatic heterocycles. The van der Waals surface area contributed by atoms with Crippen molar-refractivity contribution in [2.75, 3.05) is 0 Å². The van der Waals surface area contributed by atoms with Gasteiger partial charge in [0.05, 0.1) is 0 Å². The van der Waals surface area contributed by atoms with Crippen LogP contribution in [0.5, 0.6) is 0 Å². The zero-order valence-electron chi connectivity index (χ0n) is 11.6. The minimum absolute atomic E-state index is 0.243. The fourth-order valence-corrected chi connectivity index (χ4v) is 5.47. The molecular formula is C15H25NO2. The fraction of sp³-hybridized carbons (Fsp3) is 0.933. The number of carbonyl (C=O) groups is 1. The van der Waals surface area contributed by atoms with Crippen LogP contribution in [0, 0.1) is 35.0 Å². The number of amides is 1. The number of carboxylic acid groups (broad SMARTS) is 1. The molecule has 0 aromatic rings. The van der Waals surface area contributed by atoms with E-state index in [1.807, 2.05) is 0 Å². The van der Waals surface area contributed by atoms with Crippen LogP contribution in [-0.4, -0.2) is 17.2 Å². The molecule has 0 saturated heterocycles. The van der Waals surface area contributed by atoms with E-state index in [0.717, 1.165) is 30.1 Å². The number of hydrogen-bond acceptors (Lipinski definition) is 1. The largest absolute Gasteiger partial charge is 0.465 e. The second-order valence-electron chi connectivity index (χ2n) is 7.74. The molecular weight excluding hydrogens is 226 g/mol. The van der Waals surface area contributed by atoms with Crippen molar-refractivity contribution in [2.45, 2.75) is 52.5 Å². The SMILES string of the molecule is CC(C)(C)C1CCC2C3CC(CC3NC(=O)O)C21. The minimum atomic E-state index is -0.838. The minimum Gasteiger partial charge on any atom is -0.465 e. The Hall–Kier alpha value is -0.730. The average Bonchev–Trinajstić information content (AvgIpc) is 2.81. The van der Waals surface area contributed by atoms with Crippen LogP contribution in [0.4, 0.5) is 4.79 Å². The maximum absolute atomic E-state index is 10.8. The van der Waals surface area contributed by atoms with Crippen molar-refractivity contribution in [3.63, 3.8) is 0 Å². The van der Waals surface area contributed by atoms with E-state index in [1.54, 1.807) is 0 Å². The monoisotopic (exact) mass is 251 g/mol. The van der Waals surface area contributed by atoms with E-state index in [1.165, 1.54) is 19.3 Å². The first-order valence-electron chi connectivity index (χ1n) is 7.37. The van der Waals surface area contributed by atoms with Gasteiger partial charge in [-0.2, -0.15) is 0 Å². The van der Waals surface area contributed by atoms with E-state index < -0.39 is 6.09 Å². The van der Waals surface area contributed by atoms with Crippen LogP contribution in [0.2, 0.25) is 0 Å². The summed E-state index contributed by atoms with van der Waals surface area (Å²) in [7, 11) is 0. The summed E-state index contributed by atoms with van der Waals surface area (Å²) in [6.07, 6.45) is 4.20. The molecule has 3 saturated carbocycles. The van der Waals surface area contributed by atoms with Crippen LogP contribution in [0.15, 0.2) is 0 Å². The normalized spacial score (nSPS) is 46.2. The van der Waals surface area contributed by atoms with Gasteiger partial charge >= 0.3 is 6.09 Å². The number of hydrogen-bond donors (Lipinski definition) is 2. The number of nitrogens with one attached hydrogen (secondary N) is 1. The molecule has 6 unspecified atom stereocenters. The van der Waals surface area contributed by atoms with Gasteiger partial charge in [0.1, 0.15) is 0 Å². The predicted octanol–water partition coefficient (Wildman–Crippen LogP) is 3.35. The summed E-state index contributed by atoms with van der Waals surface area (Å²) >= 11 is 0. The Balaban J connectivity index is 1.75. The van der Waals surface area contributed by atoms with E-state index in [4.69, 9.17) is 5.11 Å². The summed E-state index contributed by atoms with van der Waals surface area (Å²) in [5, 5.41) is 11.7.